The molecule has 7 nitrogen and oxygen atoms in total. The summed E-state index contributed by atoms with van der Waals surface area (Å²) < 4.78 is 4.89. The fraction of sp³-hybridized carbons (Fsp3) is 0.571. The van der Waals surface area contributed by atoms with Crippen LogP contribution in [0, 0.1) is 0 Å². The number of carbonyl (C=O) groups excluding carboxylic acids is 2. The Morgan fingerprint density at radius 2 is 2.23 bits per heavy atom. The van der Waals surface area contributed by atoms with Gasteiger partial charge in [0.1, 0.15) is 0 Å². The third-order valence-electron chi connectivity index (χ3n) is 2.92. The minimum atomic E-state index is -0.453. The van der Waals surface area contributed by atoms with Crippen LogP contribution in [-0.2, 0) is 9.59 Å². The van der Waals surface area contributed by atoms with Crippen LogP contribution in [0.5, 0.6) is 5.88 Å². The summed E-state index contributed by atoms with van der Waals surface area (Å²) in [6, 6.07) is 0.770. The van der Waals surface area contributed by atoms with E-state index in [1.807, 2.05) is 6.92 Å². The van der Waals surface area contributed by atoms with Gasteiger partial charge in [-0.3, -0.25) is 14.4 Å². The van der Waals surface area contributed by atoms with E-state index in [9.17, 15) is 14.4 Å². The second-order valence-electron chi connectivity index (χ2n) is 4.75. The van der Waals surface area contributed by atoms with Crippen LogP contribution in [-0.4, -0.2) is 40.6 Å². The lowest BCUT2D eigenvalue weighted by Gasteiger charge is -2.15. The topological polar surface area (TPSA) is 101 Å². The summed E-state index contributed by atoms with van der Waals surface area (Å²) in [5.74, 6) is -0.0749. The smallest absolute Gasteiger partial charge is 0.255 e. The molecule has 1 atom stereocenters. The molecule has 122 valence electrons. The Balaban J connectivity index is 2.56. The molecule has 1 rings (SSSR count). The highest BCUT2D eigenvalue weighted by Gasteiger charge is 2.16. The first kappa shape index (κ1) is 18.2. The predicted molar refractivity (Wildman–Crippen MR) is 84.3 cm³/mol. The fourth-order valence-electron chi connectivity index (χ4n) is 1.74. The molecular formula is C14H21N3O4S. The zero-order valence-electron chi connectivity index (χ0n) is 13.0. The molecule has 2 N–H and O–H groups in total. The number of methoxy groups -OCH3 is 1. The molecule has 0 fully saturated rings. The number of hydrogen-bond acceptors (Lipinski definition) is 6. The van der Waals surface area contributed by atoms with Crippen LogP contribution in [0.3, 0.4) is 0 Å². The molecule has 1 aromatic rings. The predicted octanol–water partition coefficient (Wildman–Crippen LogP) is 1.13. The molecule has 0 bridgehead atoms. The van der Waals surface area contributed by atoms with Crippen molar-refractivity contribution in [1.82, 2.24) is 15.3 Å². The van der Waals surface area contributed by atoms with Crippen LogP contribution in [0.2, 0.25) is 0 Å². The molecular weight excluding hydrogens is 306 g/mol. The van der Waals surface area contributed by atoms with Gasteiger partial charge >= 0.3 is 0 Å². The number of Topliss-reactive ketones (excluding diaryl/α,β-unsaturated/α-hetero) is 1. The van der Waals surface area contributed by atoms with Crippen LogP contribution < -0.4 is 15.6 Å². The number of unbranched alkanes of at least 4 members (excludes halogenated alkanes) is 1. The van der Waals surface area contributed by atoms with Gasteiger partial charge in [0.2, 0.25) is 11.8 Å². The highest BCUT2D eigenvalue weighted by atomic mass is 32.2. The van der Waals surface area contributed by atoms with Crippen molar-refractivity contribution in [3.63, 3.8) is 0 Å². The number of rotatable bonds is 9. The number of ether oxygens (including phenoxy) is 1. The molecule has 0 unspecified atom stereocenters. The molecule has 0 aliphatic rings. The summed E-state index contributed by atoms with van der Waals surface area (Å²) >= 11 is 1.08. The van der Waals surface area contributed by atoms with Gasteiger partial charge in [-0.05, 0) is 13.3 Å². The third kappa shape index (κ3) is 6.30. The maximum absolute atomic E-state index is 11.9. The minimum Gasteiger partial charge on any atom is -0.481 e. The van der Waals surface area contributed by atoms with Crippen LogP contribution in [0.15, 0.2) is 16.0 Å². The molecule has 0 saturated carbocycles. The van der Waals surface area contributed by atoms with Crippen molar-refractivity contribution in [2.24, 2.45) is 0 Å². The van der Waals surface area contributed by atoms with Crippen molar-refractivity contribution in [3.05, 3.63) is 16.4 Å². The first-order valence-electron chi connectivity index (χ1n) is 7.04. The lowest BCUT2D eigenvalue weighted by molar-refractivity contribution is -0.125. The Morgan fingerprint density at radius 3 is 2.82 bits per heavy atom. The largest absolute Gasteiger partial charge is 0.481 e. The van der Waals surface area contributed by atoms with Crippen LogP contribution in [0.1, 0.15) is 33.1 Å². The number of nitrogens with one attached hydrogen (secondary N) is 2. The lowest BCUT2D eigenvalue weighted by atomic mass is 10.1. The van der Waals surface area contributed by atoms with Gasteiger partial charge in [-0.15, -0.1) is 0 Å². The molecule has 8 heteroatoms. The van der Waals surface area contributed by atoms with E-state index in [-0.39, 0.29) is 28.9 Å². The van der Waals surface area contributed by atoms with E-state index in [0.29, 0.717) is 11.6 Å². The normalized spacial score (nSPS) is 11.8. The van der Waals surface area contributed by atoms with E-state index in [2.05, 4.69) is 15.3 Å². The van der Waals surface area contributed by atoms with Crippen molar-refractivity contribution < 1.29 is 14.3 Å². The number of carbonyl (C=O) groups is 2. The Hall–Kier alpha value is -1.83. The van der Waals surface area contributed by atoms with Gasteiger partial charge in [0.25, 0.3) is 5.56 Å². The fourth-order valence-corrected chi connectivity index (χ4v) is 2.42. The second-order valence-corrected chi connectivity index (χ2v) is 5.72. The SMILES string of the molecule is CCCC[C@H](NC(=O)CSc1nc(OC)cc(=O)[nH]1)C(C)=O. The Bertz CT molecular complexity index is 573. The Morgan fingerprint density at radius 1 is 1.50 bits per heavy atom. The van der Waals surface area contributed by atoms with Gasteiger partial charge in [-0.25, -0.2) is 0 Å². The van der Waals surface area contributed by atoms with Gasteiger partial charge in [0.05, 0.1) is 25.0 Å². The summed E-state index contributed by atoms with van der Waals surface area (Å²) in [6.07, 6.45) is 2.47. The van der Waals surface area contributed by atoms with Gasteiger partial charge in [0, 0.05) is 0 Å². The third-order valence-corrected chi connectivity index (χ3v) is 3.79. The first-order chi connectivity index (χ1) is 10.5. The summed E-state index contributed by atoms with van der Waals surface area (Å²) in [5.41, 5.74) is -0.348. The zero-order valence-corrected chi connectivity index (χ0v) is 13.8. The number of nitrogens with zero attached hydrogens (tertiary/aromatic N) is 1. The number of hydrogen-bond donors (Lipinski definition) is 2. The zero-order chi connectivity index (χ0) is 16.5. The van der Waals surface area contributed by atoms with E-state index in [0.717, 1.165) is 24.6 Å². The Kier molecular flexibility index (Phi) is 7.65. The van der Waals surface area contributed by atoms with Gasteiger partial charge < -0.3 is 15.0 Å². The van der Waals surface area contributed by atoms with E-state index in [1.54, 1.807) is 0 Å². The molecule has 22 heavy (non-hydrogen) atoms. The minimum absolute atomic E-state index is 0.0558. The molecule has 0 spiro atoms. The molecule has 0 aliphatic carbocycles. The van der Waals surface area contributed by atoms with Crippen molar-refractivity contribution >= 4 is 23.5 Å². The first-order valence-corrected chi connectivity index (χ1v) is 8.02. The molecule has 0 saturated heterocycles. The van der Waals surface area contributed by atoms with Gasteiger partial charge in [-0.2, -0.15) is 4.98 Å². The number of thioether (sulfide) groups is 1. The van der Waals surface area contributed by atoms with E-state index < -0.39 is 6.04 Å². The summed E-state index contributed by atoms with van der Waals surface area (Å²) in [4.78, 5) is 41.3. The second kappa shape index (κ2) is 9.24. The van der Waals surface area contributed by atoms with Crippen LogP contribution >= 0.6 is 11.8 Å². The standard InChI is InChI=1S/C14H21N3O4S/c1-4-5-6-10(9(2)18)15-12(20)8-22-14-16-11(19)7-13(17-14)21-3/h7,10H,4-6,8H2,1-3H3,(H,15,20)(H,16,17,19)/t10-/m0/s1. The molecule has 0 radical (unpaired) electrons. The van der Waals surface area contributed by atoms with Crippen molar-refractivity contribution in [2.45, 2.75) is 44.3 Å². The summed E-state index contributed by atoms with van der Waals surface area (Å²) in [7, 11) is 1.41. The molecule has 1 amide bonds. The maximum atomic E-state index is 11.9. The molecule has 0 aliphatic heterocycles. The average molecular weight is 327 g/mol. The molecule has 1 aromatic heterocycles. The monoisotopic (exact) mass is 327 g/mol. The molecule has 0 aromatic carbocycles. The maximum Gasteiger partial charge on any atom is 0.255 e. The van der Waals surface area contributed by atoms with Crippen molar-refractivity contribution in [3.8, 4) is 5.88 Å². The van der Waals surface area contributed by atoms with Crippen molar-refractivity contribution in [2.75, 3.05) is 12.9 Å². The van der Waals surface area contributed by atoms with Crippen LogP contribution in [0.4, 0.5) is 0 Å². The highest BCUT2D eigenvalue weighted by Crippen LogP contribution is 2.13. The quantitative estimate of drug-likeness (QED) is 0.521. The van der Waals surface area contributed by atoms with E-state index in [1.165, 1.54) is 20.1 Å². The highest BCUT2D eigenvalue weighted by molar-refractivity contribution is 7.99. The number of amides is 1. The summed E-state index contributed by atoms with van der Waals surface area (Å²) in [6.45, 7) is 3.49. The Labute approximate surface area is 133 Å². The average Bonchev–Trinajstić information content (AvgIpc) is 2.48. The molecule has 1 heterocycles. The summed E-state index contributed by atoms with van der Waals surface area (Å²) in [5, 5.41) is 3.00. The number of aromatic amines is 1. The number of H-pyrrole nitrogens is 1. The number of aromatic nitrogens is 2. The van der Waals surface area contributed by atoms with Gasteiger partial charge in [0.15, 0.2) is 10.9 Å². The number of ketones is 1. The van der Waals surface area contributed by atoms with Gasteiger partial charge in [-0.1, -0.05) is 31.5 Å². The van der Waals surface area contributed by atoms with Crippen molar-refractivity contribution in [1.29, 1.82) is 0 Å². The van der Waals surface area contributed by atoms with Crippen LogP contribution in [0.25, 0.3) is 0 Å². The van der Waals surface area contributed by atoms with E-state index >= 15 is 0 Å². The van der Waals surface area contributed by atoms with E-state index in [4.69, 9.17) is 4.74 Å². The lowest BCUT2D eigenvalue weighted by Crippen LogP contribution is -2.40.